The summed E-state index contributed by atoms with van der Waals surface area (Å²) in [5.74, 6) is -1.29. The Kier molecular flexibility index (Phi) is 3.42. The van der Waals surface area contributed by atoms with Gasteiger partial charge >= 0.3 is 5.97 Å². The van der Waals surface area contributed by atoms with Crippen LogP contribution in [0.2, 0.25) is 0 Å². The van der Waals surface area contributed by atoms with Gasteiger partial charge in [-0.2, -0.15) is 0 Å². The van der Waals surface area contributed by atoms with Crippen molar-refractivity contribution in [2.45, 2.75) is 31.7 Å². The Hall–Kier alpha value is -2.11. The summed E-state index contributed by atoms with van der Waals surface area (Å²) in [7, 11) is 0. The lowest BCUT2D eigenvalue weighted by Crippen LogP contribution is -2.52. The topological polar surface area (TPSA) is 96.5 Å². The van der Waals surface area contributed by atoms with E-state index >= 15 is 0 Å². The van der Waals surface area contributed by atoms with Gasteiger partial charge in [-0.25, -0.2) is 9.78 Å². The summed E-state index contributed by atoms with van der Waals surface area (Å²) in [5, 5.41) is 9.44. The number of anilines is 1. The molecule has 3 N–H and O–H groups in total. The van der Waals surface area contributed by atoms with Crippen LogP contribution >= 0.6 is 0 Å². The van der Waals surface area contributed by atoms with Crippen LogP contribution in [0, 0.1) is 0 Å². The number of pyridine rings is 1. The molecular formula is C13H17N3O3. The summed E-state index contributed by atoms with van der Waals surface area (Å²) in [4.78, 5) is 29.3. The van der Waals surface area contributed by atoms with E-state index in [1.54, 1.807) is 13.0 Å². The second-order valence-electron chi connectivity index (χ2n) is 4.73. The number of carboxylic acids is 1. The molecule has 0 radical (unpaired) electrons. The molecule has 0 saturated carbocycles. The van der Waals surface area contributed by atoms with Gasteiger partial charge in [-0.1, -0.05) is 6.92 Å². The van der Waals surface area contributed by atoms with Gasteiger partial charge in [0.25, 0.3) is 5.91 Å². The third kappa shape index (κ3) is 2.14. The summed E-state index contributed by atoms with van der Waals surface area (Å²) in [6.45, 7) is 2.24. The van der Waals surface area contributed by atoms with Crippen LogP contribution in [0.1, 0.15) is 36.7 Å². The van der Waals surface area contributed by atoms with Gasteiger partial charge < -0.3 is 15.7 Å². The van der Waals surface area contributed by atoms with E-state index in [-0.39, 0.29) is 11.6 Å². The van der Waals surface area contributed by atoms with E-state index in [0.29, 0.717) is 31.5 Å². The van der Waals surface area contributed by atoms with E-state index in [4.69, 9.17) is 5.73 Å². The summed E-state index contributed by atoms with van der Waals surface area (Å²) >= 11 is 0. The minimum Gasteiger partial charge on any atom is -0.479 e. The zero-order chi connectivity index (χ0) is 14.0. The van der Waals surface area contributed by atoms with Crippen molar-refractivity contribution in [3.63, 3.8) is 0 Å². The van der Waals surface area contributed by atoms with Gasteiger partial charge in [0.1, 0.15) is 11.2 Å². The molecule has 1 aliphatic heterocycles. The summed E-state index contributed by atoms with van der Waals surface area (Å²) in [6.07, 6.45) is 2.97. The molecule has 6 heteroatoms. The summed E-state index contributed by atoms with van der Waals surface area (Å²) in [6, 6.07) is 3.11. The van der Waals surface area contributed by atoms with Crippen molar-refractivity contribution < 1.29 is 14.7 Å². The van der Waals surface area contributed by atoms with Crippen LogP contribution in [0.4, 0.5) is 5.69 Å². The van der Waals surface area contributed by atoms with E-state index in [1.165, 1.54) is 17.2 Å². The zero-order valence-corrected chi connectivity index (χ0v) is 10.8. The molecular weight excluding hydrogens is 246 g/mol. The first-order valence-electron chi connectivity index (χ1n) is 6.28. The van der Waals surface area contributed by atoms with Crippen molar-refractivity contribution in [1.29, 1.82) is 0 Å². The van der Waals surface area contributed by atoms with Crippen molar-refractivity contribution >= 4 is 17.6 Å². The van der Waals surface area contributed by atoms with Gasteiger partial charge in [0, 0.05) is 6.54 Å². The van der Waals surface area contributed by atoms with Gasteiger partial charge in [0.05, 0.1) is 11.9 Å². The summed E-state index contributed by atoms with van der Waals surface area (Å²) in [5.41, 5.74) is 5.13. The Balaban J connectivity index is 2.32. The number of aliphatic carboxylic acids is 1. The van der Waals surface area contributed by atoms with Crippen molar-refractivity contribution in [1.82, 2.24) is 9.88 Å². The molecule has 2 heterocycles. The maximum atomic E-state index is 12.4. The third-order valence-corrected chi connectivity index (χ3v) is 3.72. The van der Waals surface area contributed by atoms with Crippen LogP contribution in [0.5, 0.6) is 0 Å². The van der Waals surface area contributed by atoms with Gasteiger partial charge in [-0.3, -0.25) is 4.79 Å². The predicted octanol–water partition coefficient (Wildman–Crippen LogP) is 1.13. The molecule has 1 amide bonds. The number of rotatable bonds is 3. The molecule has 6 nitrogen and oxygen atoms in total. The minimum absolute atomic E-state index is 0.232. The highest BCUT2D eigenvalue weighted by molar-refractivity contribution is 5.97. The highest BCUT2D eigenvalue weighted by Gasteiger charge is 2.48. The lowest BCUT2D eigenvalue weighted by molar-refractivity contribution is -0.148. The second-order valence-corrected chi connectivity index (χ2v) is 4.73. The molecule has 1 aromatic heterocycles. The van der Waals surface area contributed by atoms with Crippen LogP contribution < -0.4 is 5.73 Å². The lowest BCUT2D eigenvalue weighted by Gasteiger charge is -2.33. The molecule has 1 aromatic rings. The minimum atomic E-state index is -1.10. The molecule has 1 fully saturated rings. The Labute approximate surface area is 111 Å². The quantitative estimate of drug-likeness (QED) is 0.852. The molecule has 1 aliphatic rings. The normalized spacial score (nSPS) is 22.5. The van der Waals surface area contributed by atoms with Gasteiger partial charge in [-0.05, 0) is 31.4 Å². The fourth-order valence-electron chi connectivity index (χ4n) is 2.59. The number of hydrogen-bond acceptors (Lipinski definition) is 4. The fourth-order valence-corrected chi connectivity index (χ4v) is 2.59. The predicted molar refractivity (Wildman–Crippen MR) is 69.6 cm³/mol. The number of carboxylic acid groups (broad SMARTS) is 1. The highest BCUT2D eigenvalue weighted by Crippen LogP contribution is 2.33. The number of likely N-dealkylation sites (tertiary alicyclic amines) is 1. The highest BCUT2D eigenvalue weighted by atomic mass is 16.4. The van der Waals surface area contributed by atoms with Gasteiger partial charge in [0.2, 0.25) is 0 Å². The Bertz CT molecular complexity index is 500. The first-order chi connectivity index (χ1) is 9.01. The molecule has 0 aliphatic carbocycles. The maximum Gasteiger partial charge on any atom is 0.329 e. The van der Waals surface area contributed by atoms with Crippen molar-refractivity contribution in [3.8, 4) is 0 Å². The molecule has 1 atom stereocenters. The first kappa shape index (κ1) is 13.3. The maximum absolute atomic E-state index is 12.4. The van der Waals surface area contributed by atoms with Crippen LogP contribution in [-0.4, -0.2) is 39.0 Å². The number of nitrogens with two attached hydrogens (primary N) is 1. The molecule has 0 bridgehead atoms. The monoisotopic (exact) mass is 263 g/mol. The average molecular weight is 263 g/mol. The van der Waals surface area contributed by atoms with E-state index in [0.717, 1.165) is 0 Å². The second kappa shape index (κ2) is 4.87. The molecule has 2 rings (SSSR count). The van der Waals surface area contributed by atoms with E-state index in [9.17, 15) is 14.7 Å². The smallest absolute Gasteiger partial charge is 0.329 e. The van der Waals surface area contributed by atoms with Crippen LogP contribution in [0.3, 0.4) is 0 Å². The van der Waals surface area contributed by atoms with Crippen LogP contribution in [0.15, 0.2) is 18.3 Å². The SMILES string of the molecule is CCC1(C(=O)O)CCCN1C(=O)c1ccc(N)cn1. The molecule has 1 unspecified atom stereocenters. The zero-order valence-electron chi connectivity index (χ0n) is 10.8. The number of carbonyl (C=O) groups is 2. The number of nitrogens with zero attached hydrogens (tertiary/aromatic N) is 2. The number of nitrogen functional groups attached to an aromatic ring is 1. The average Bonchev–Trinajstić information content (AvgIpc) is 2.83. The number of aromatic nitrogens is 1. The molecule has 19 heavy (non-hydrogen) atoms. The first-order valence-corrected chi connectivity index (χ1v) is 6.28. The van der Waals surface area contributed by atoms with Crippen LogP contribution in [0.25, 0.3) is 0 Å². The largest absolute Gasteiger partial charge is 0.479 e. The van der Waals surface area contributed by atoms with E-state index in [2.05, 4.69) is 4.98 Å². The Morgan fingerprint density at radius 1 is 1.53 bits per heavy atom. The molecule has 102 valence electrons. The van der Waals surface area contributed by atoms with Crippen LogP contribution in [-0.2, 0) is 4.79 Å². The Morgan fingerprint density at radius 3 is 2.79 bits per heavy atom. The fraction of sp³-hybridized carbons (Fsp3) is 0.462. The molecule has 0 aromatic carbocycles. The van der Waals surface area contributed by atoms with E-state index < -0.39 is 11.5 Å². The molecule has 0 spiro atoms. The third-order valence-electron chi connectivity index (χ3n) is 3.72. The lowest BCUT2D eigenvalue weighted by atomic mass is 9.93. The number of hydrogen-bond donors (Lipinski definition) is 2. The standard InChI is InChI=1S/C13H17N3O3/c1-2-13(12(18)19)6-3-7-16(13)11(17)10-5-4-9(14)8-15-10/h4-5,8H,2-3,6-7,14H2,1H3,(H,18,19). The van der Waals surface area contributed by atoms with Gasteiger partial charge in [0.15, 0.2) is 0 Å². The molecule has 1 saturated heterocycles. The number of carbonyl (C=O) groups excluding carboxylic acids is 1. The Morgan fingerprint density at radius 2 is 2.26 bits per heavy atom. The van der Waals surface area contributed by atoms with Crippen molar-refractivity contribution in [2.75, 3.05) is 12.3 Å². The van der Waals surface area contributed by atoms with Crippen molar-refractivity contribution in [3.05, 3.63) is 24.0 Å². The number of amides is 1. The summed E-state index contributed by atoms with van der Waals surface area (Å²) < 4.78 is 0. The van der Waals surface area contributed by atoms with Gasteiger partial charge in [-0.15, -0.1) is 0 Å². The van der Waals surface area contributed by atoms with E-state index in [1.807, 2.05) is 0 Å². The van der Waals surface area contributed by atoms with Crippen molar-refractivity contribution in [2.24, 2.45) is 0 Å².